The van der Waals surface area contributed by atoms with Crippen LogP contribution in [-0.2, 0) is 0 Å². The van der Waals surface area contributed by atoms with Crippen LogP contribution in [0.25, 0.3) is 0 Å². The lowest BCUT2D eigenvalue weighted by molar-refractivity contribution is 0.633. The maximum Gasteiger partial charge on any atom is 0.129 e. The Morgan fingerprint density at radius 3 is 2.61 bits per heavy atom. The number of pyridine rings is 1. The smallest absolute Gasteiger partial charge is 0.129 e. The number of aromatic nitrogens is 1. The van der Waals surface area contributed by atoms with E-state index in [0.717, 1.165) is 11.1 Å². The molecule has 0 aliphatic carbocycles. The fourth-order valence-corrected chi connectivity index (χ4v) is 2.29. The molecule has 1 atom stereocenters. The predicted octanol–water partition coefficient (Wildman–Crippen LogP) is 2.90. The standard InChI is InChI=1S/C14H16ClN3/c1-9-3-4-12(10(2)7-9)14(18-16)11-5-6-17-13(15)8-11/h3-8,14,18H,16H2,1-2H3. The topological polar surface area (TPSA) is 50.9 Å². The summed E-state index contributed by atoms with van der Waals surface area (Å²) >= 11 is 5.92. The Hall–Kier alpha value is -1.42. The van der Waals surface area contributed by atoms with Gasteiger partial charge in [-0.1, -0.05) is 35.4 Å². The van der Waals surface area contributed by atoms with Crippen molar-refractivity contribution in [2.24, 2.45) is 5.84 Å². The fraction of sp³-hybridized carbons (Fsp3) is 0.214. The van der Waals surface area contributed by atoms with E-state index < -0.39 is 0 Å². The number of nitrogens with two attached hydrogens (primary N) is 1. The first kappa shape index (κ1) is 13.0. The van der Waals surface area contributed by atoms with Crippen molar-refractivity contribution in [3.63, 3.8) is 0 Å². The van der Waals surface area contributed by atoms with Gasteiger partial charge in [-0.3, -0.25) is 5.84 Å². The van der Waals surface area contributed by atoms with Gasteiger partial charge in [-0.15, -0.1) is 0 Å². The minimum atomic E-state index is -0.0777. The molecule has 1 aromatic heterocycles. The van der Waals surface area contributed by atoms with Crippen molar-refractivity contribution < 1.29 is 0 Å². The number of halogens is 1. The first-order chi connectivity index (χ1) is 8.61. The van der Waals surface area contributed by atoms with Crippen molar-refractivity contribution >= 4 is 11.6 Å². The van der Waals surface area contributed by atoms with Gasteiger partial charge >= 0.3 is 0 Å². The molecule has 2 aromatic rings. The Labute approximate surface area is 112 Å². The number of aryl methyl sites for hydroxylation is 2. The molecule has 4 heteroatoms. The van der Waals surface area contributed by atoms with Crippen LogP contribution in [0.15, 0.2) is 36.5 Å². The van der Waals surface area contributed by atoms with Gasteiger partial charge in [0.15, 0.2) is 0 Å². The molecule has 2 rings (SSSR count). The van der Waals surface area contributed by atoms with Gasteiger partial charge in [-0.25, -0.2) is 10.4 Å². The van der Waals surface area contributed by atoms with Gasteiger partial charge in [0.1, 0.15) is 5.15 Å². The highest BCUT2D eigenvalue weighted by Crippen LogP contribution is 2.25. The molecule has 0 aliphatic rings. The van der Waals surface area contributed by atoms with Gasteiger partial charge in [0.05, 0.1) is 6.04 Å². The largest absolute Gasteiger partial charge is 0.271 e. The molecule has 18 heavy (non-hydrogen) atoms. The second-order valence-corrected chi connectivity index (χ2v) is 4.76. The van der Waals surface area contributed by atoms with E-state index in [1.54, 1.807) is 6.20 Å². The summed E-state index contributed by atoms with van der Waals surface area (Å²) in [7, 11) is 0. The average Bonchev–Trinajstić information content (AvgIpc) is 2.33. The number of hydrazine groups is 1. The van der Waals surface area contributed by atoms with Crippen LogP contribution in [0.3, 0.4) is 0 Å². The van der Waals surface area contributed by atoms with Gasteiger partial charge < -0.3 is 0 Å². The van der Waals surface area contributed by atoms with Gasteiger partial charge in [0.2, 0.25) is 0 Å². The predicted molar refractivity (Wildman–Crippen MR) is 74.3 cm³/mol. The van der Waals surface area contributed by atoms with Crippen molar-refractivity contribution in [1.29, 1.82) is 0 Å². The van der Waals surface area contributed by atoms with Crippen LogP contribution in [0.5, 0.6) is 0 Å². The molecule has 0 bridgehead atoms. The quantitative estimate of drug-likeness (QED) is 0.507. The molecule has 3 N–H and O–H groups in total. The molecule has 0 amide bonds. The van der Waals surface area contributed by atoms with Gasteiger partial charge in [0.25, 0.3) is 0 Å². The van der Waals surface area contributed by atoms with Crippen LogP contribution in [0.1, 0.15) is 28.3 Å². The second kappa shape index (κ2) is 5.48. The van der Waals surface area contributed by atoms with E-state index in [1.807, 2.05) is 12.1 Å². The Morgan fingerprint density at radius 1 is 1.22 bits per heavy atom. The molecule has 94 valence electrons. The van der Waals surface area contributed by atoms with Crippen molar-refractivity contribution in [3.05, 3.63) is 63.9 Å². The van der Waals surface area contributed by atoms with Gasteiger partial charge in [-0.05, 0) is 42.7 Å². The molecule has 1 aromatic carbocycles. The van der Waals surface area contributed by atoms with Crippen molar-refractivity contribution in [2.75, 3.05) is 0 Å². The number of nitrogens with one attached hydrogen (secondary N) is 1. The highest BCUT2D eigenvalue weighted by atomic mass is 35.5. The van der Waals surface area contributed by atoms with Crippen LogP contribution in [0.4, 0.5) is 0 Å². The summed E-state index contributed by atoms with van der Waals surface area (Å²) in [5.41, 5.74) is 7.42. The van der Waals surface area contributed by atoms with E-state index in [1.165, 1.54) is 11.1 Å². The molecule has 0 radical (unpaired) electrons. The number of rotatable bonds is 3. The summed E-state index contributed by atoms with van der Waals surface area (Å²) in [6.07, 6.45) is 1.69. The number of nitrogens with zero attached hydrogens (tertiary/aromatic N) is 1. The monoisotopic (exact) mass is 261 g/mol. The summed E-state index contributed by atoms with van der Waals surface area (Å²) in [5, 5.41) is 0.470. The van der Waals surface area contributed by atoms with E-state index >= 15 is 0 Å². The molecular weight excluding hydrogens is 246 g/mol. The second-order valence-electron chi connectivity index (χ2n) is 4.37. The Balaban J connectivity index is 2.45. The molecule has 0 saturated carbocycles. The van der Waals surface area contributed by atoms with Crippen LogP contribution in [-0.4, -0.2) is 4.98 Å². The first-order valence-corrected chi connectivity index (χ1v) is 6.14. The van der Waals surface area contributed by atoms with Crippen LogP contribution >= 0.6 is 11.6 Å². The summed E-state index contributed by atoms with van der Waals surface area (Å²) < 4.78 is 0. The van der Waals surface area contributed by atoms with E-state index in [4.69, 9.17) is 17.4 Å². The summed E-state index contributed by atoms with van der Waals surface area (Å²) in [6.45, 7) is 4.15. The van der Waals surface area contributed by atoms with E-state index in [2.05, 4.69) is 42.5 Å². The van der Waals surface area contributed by atoms with Crippen LogP contribution in [0, 0.1) is 13.8 Å². The molecule has 0 fully saturated rings. The van der Waals surface area contributed by atoms with E-state index in [0.29, 0.717) is 5.15 Å². The lowest BCUT2D eigenvalue weighted by Crippen LogP contribution is -2.29. The molecule has 3 nitrogen and oxygen atoms in total. The maximum atomic E-state index is 5.92. The Kier molecular flexibility index (Phi) is 3.97. The summed E-state index contributed by atoms with van der Waals surface area (Å²) in [6, 6.07) is 9.97. The SMILES string of the molecule is Cc1ccc(C(NN)c2ccnc(Cl)c2)c(C)c1. The highest BCUT2D eigenvalue weighted by molar-refractivity contribution is 6.29. The van der Waals surface area contributed by atoms with Crippen molar-refractivity contribution in [2.45, 2.75) is 19.9 Å². The molecular formula is C14H16ClN3. The minimum absolute atomic E-state index is 0.0777. The normalized spacial score (nSPS) is 12.4. The van der Waals surface area contributed by atoms with E-state index in [-0.39, 0.29) is 6.04 Å². The zero-order chi connectivity index (χ0) is 13.1. The Morgan fingerprint density at radius 2 is 2.00 bits per heavy atom. The minimum Gasteiger partial charge on any atom is -0.271 e. The van der Waals surface area contributed by atoms with Crippen LogP contribution in [0.2, 0.25) is 5.15 Å². The molecule has 0 spiro atoms. The fourth-order valence-electron chi connectivity index (χ4n) is 2.11. The van der Waals surface area contributed by atoms with Crippen molar-refractivity contribution in [3.8, 4) is 0 Å². The molecule has 0 saturated heterocycles. The third kappa shape index (κ3) is 2.70. The molecule has 0 aliphatic heterocycles. The number of hydrogen-bond acceptors (Lipinski definition) is 3. The lowest BCUT2D eigenvalue weighted by Gasteiger charge is -2.19. The third-order valence-corrected chi connectivity index (χ3v) is 3.19. The third-order valence-electron chi connectivity index (χ3n) is 2.99. The number of hydrogen-bond donors (Lipinski definition) is 2. The highest BCUT2D eigenvalue weighted by Gasteiger charge is 2.15. The Bertz CT molecular complexity index is 554. The zero-order valence-corrected chi connectivity index (χ0v) is 11.2. The maximum absolute atomic E-state index is 5.92. The first-order valence-electron chi connectivity index (χ1n) is 5.76. The van der Waals surface area contributed by atoms with Crippen molar-refractivity contribution in [1.82, 2.24) is 10.4 Å². The molecule has 1 unspecified atom stereocenters. The van der Waals surface area contributed by atoms with Gasteiger partial charge in [-0.2, -0.15) is 0 Å². The van der Waals surface area contributed by atoms with Gasteiger partial charge in [0, 0.05) is 6.20 Å². The number of benzene rings is 1. The summed E-state index contributed by atoms with van der Waals surface area (Å²) in [4.78, 5) is 3.98. The van der Waals surface area contributed by atoms with E-state index in [9.17, 15) is 0 Å². The zero-order valence-electron chi connectivity index (χ0n) is 10.4. The summed E-state index contributed by atoms with van der Waals surface area (Å²) in [5.74, 6) is 5.68. The average molecular weight is 262 g/mol. The lowest BCUT2D eigenvalue weighted by atomic mass is 9.95. The van der Waals surface area contributed by atoms with Crippen LogP contribution < -0.4 is 11.3 Å². The molecule has 1 heterocycles.